The Morgan fingerprint density at radius 2 is 2.12 bits per heavy atom. The number of hydrogen-bond donors (Lipinski definition) is 0. The molecular formula is C15H19BrO. The fourth-order valence-electron chi connectivity index (χ4n) is 3.18. The summed E-state index contributed by atoms with van der Waals surface area (Å²) in [7, 11) is 0. The van der Waals surface area contributed by atoms with Crippen LogP contribution in [0.1, 0.15) is 41.6 Å². The van der Waals surface area contributed by atoms with Gasteiger partial charge in [-0.3, -0.25) is 0 Å². The zero-order valence-electron chi connectivity index (χ0n) is 10.1. The molecule has 1 aliphatic heterocycles. The summed E-state index contributed by atoms with van der Waals surface area (Å²) < 4.78 is 5.77. The Morgan fingerprint density at radius 3 is 2.94 bits per heavy atom. The highest BCUT2D eigenvalue weighted by Gasteiger charge is 2.30. The second-order valence-electron chi connectivity index (χ2n) is 5.27. The Labute approximate surface area is 112 Å². The summed E-state index contributed by atoms with van der Waals surface area (Å²) in [4.78, 5) is 0.525. The van der Waals surface area contributed by atoms with Crippen LogP contribution < -0.4 is 0 Å². The zero-order chi connectivity index (χ0) is 11.7. The Kier molecular flexibility index (Phi) is 3.53. The van der Waals surface area contributed by atoms with Gasteiger partial charge in [0.25, 0.3) is 0 Å². The lowest BCUT2D eigenvalue weighted by Gasteiger charge is -2.31. The van der Waals surface area contributed by atoms with Crippen molar-refractivity contribution >= 4 is 15.9 Å². The summed E-state index contributed by atoms with van der Waals surface area (Å²) >= 11 is 3.91. The van der Waals surface area contributed by atoms with Gasteiger partial charge in [-0.05, 0) is 49.1 Å². The third kappa shape index (κ3) is 2.43. The third-order valence-corrected chi connectivity index (χ3v) is 5.38. The minimum Gasteiger partial charge on any atom is -0.378 e. The van der Waals surface area contributed by atoms with Gasteiger partial charge in [0.1, 0.15) is 0 Å². The number of rotatable bonds is 2. The minimum absolute atomic E-state index is 0.519. The molecule has 1 aliphatic carbocycles. The van der Waals surface area contributed by atoms with Crippen molar-refractivity contribution in [1.82, 2.24) is 0 Å². The molecule has 1 saturated heterocycles. The van der Waals surface area contributed by atoms with E-state index in [1.165, 1.54) is 43.2 Å². The predicted molar refractivity (Wildman–Crippen MR) is 73.5 cm³/mol. The van der Waals surface area contributed by atoms with Crippen LogP contribution in [0.3, 0.4) is 0 Å². The first kappa shape index (κ1) is 11.7. The second-order valence-corrected chi connectivity index (χ2v) is 6.26. The van der Waals surface area contributed by atoms with Gasteiger partial charge >= 0.3 is 0 Å². The average Bonchev–Trinajstić information content (AvgIpc) is 2.86. The highest BCUT2D eigenvalue weighted by Crippen LogP contribution is 2.43. The van der Waals surface area contributed by atoms with Crippen LogP contribution in [0, 0.1) is 5.92 Å². The monoisotopic (exact) mass is 294 g/mol. The maximum atomic E-state index is 5.77. The zero-order valence-corrected chi connectivity index (χ0v) is 11.7. The third-order valence-electron chi connectivity index (χ3n) is 4.14. The number of fused-ring (bicyclic) bond motifs is 1. The molecule has 0 aromatic heterocycles. The van der Waals surface area contributed by atoms with E-state index in [4.69, 9.17) is 4.74 Å². The minimum atomic E-state index is 0.519. The average molecular weight is 295 g/mol. The lowest BCUT2D eigenvalue weighted by molar-refractivity contribution is 0.0871. The fraction of sp³-hybridized carbons (Fsp3) is 0.600. The topological polar surface area (TPSA) is 9.23 Å². The molecule has 3 atom stereocenters. The molecule has 0 N–H and O–H groups in total. The smallest absolute Gasteiger partial charge is 0.0579 e. The molecule has 0 spiro atoms. The van der Waals surface area contributed by atoms with Crippen LogP contribution in [-0.2, 0) is 11.2 Å². The van der Waals surface area contributed by atoms with Crippen molar-refractivity contribution in [2.75, 3.05) is 6.61 Å². The highest BCUT2D eigenvalue weighted by molar-refractivity contribution is 9.09. The summed E-state index contributed by atoms with van der Waals surface area (Å²) in [5.74, 6) is 0.744. The molecular weight excluding hydrogens is 276 g/mol. The standard InChI is InChI=1S/C15H19BrO/c16-15-12(10-13-5-3-9-17-13)8-7-11-4-1-2-6-14(11)15/h1-2,4,6,12-13,15H,3,5,7-10H2. The van der Waals surface area contributed by atoms with E-state index in [0.29, 0.717) is 10.9 Å². The van der Waals surface area contributed by atoms with Crippen LogP contribution >= 0.6 is 15.9 Å². The van der Waals surface area contributed by atoms with E-state index in [1.807, 2.05) is 0 Å². The van der Waals surface area contributed by atoms with Gasteiger partial charge in [-0.2, -0.15) is 0 Å². The first-order valence-electron chi connectivity index (χ1n) is 6.68. The van der Waals surface area contributed by atoms with E-state index in [9.17, 15) is 0 Å². The van der Waals surface area contributed by atoms with Crippen LogP contribution in [0.25, 0.3) is 0 Å². The van der Waals surface area contributed by atoms with Gasteiger partial charge in [0.15, 0.2) is 0 Å². The molecule has 2 heteroatoms. The summed E-state index contributed by atoms with van der Waals surface area (Å²) in [5, 5.41) is 0. The summed E-state index contributed by atoms with van der Waals surface area (Å²) in [5.41, 5.74) is 3.03. The van der Waals surface area contributed by atoms with E-state index in [0.717, 1.165) is 12.5 Å². The van der Waals surface area contributed by atoms with E-state index < -0.39 is 0 Å². The molecule has 1 heterocycles. The number of aryl methyl sites for hydroxylation is 1. The molecule has 92 valence electrons. The lowest BCUT2D eigenvalue weighted by atomic mass is 9.81. The van der Waals surface area contributed by atoms with Gasteiger partial charge < -0.3 is 4.74 Å². The largest absolute Gasteiger partial charge is 0.378 e. The van der Waals surface area contributed by atoms with Crippen LogP contribution in [0.5, 0.6) is 0 Å². The summed E-state index contributed by atoms with van der Waals surface area (Å²) in [6, 6.07) is 8.85. The van der Waals surface area contributed by atoms with Crippen molar-refractivity contribution in [2.24, 2.45) is 5.92 Å². The number of alkyl halides is 1. The summed E-state index contributed by atoms with van der Waals surface area (Å²) in [6.45, 7) is 0.973. The first-order valence-corrected chi connectivity index (χ1v) is 7.59. The normalized spacial score (nSPS) is 32.4. The maximum absolute atomic E-state index is 5.77. The van der Waals surface area contributed by atoms with Crippen LogP contribution in [-0.4, -0.2) is 12.7 Å². The Hall–Kier alpha value is -0.340. The van der Waals surface area contributed by atoms with Crippen molar-refractivity contribution < 1.29 is 4.74 Å². The lowest BCUT2D eigenvalue weighted by Crippen LogP contribution is -2.21. The maximum Gasteiger partial charge on any atom is 0.0579 e. The van der Waals surface area contributed by atoms with Gasteiger partial charge in [-0.15, -0.1) is 0 Å². The van der Waals surface area contributed by atoms with Crippen LogP contribution in [0.15, 0.2) is 24.3 Å². The van der Waals surface area contributed by atoms with Crippen molar-refractivity contribution in [3.05, 3.63) is 35.4 Å². The Bertz CT molecular complexity index is 384. The SMILES string of the molecule is BrC1c2ccccc2CCC1CC1CCCO1. The molecule has 1 fully saturated rings. The summed E-state index contributed by atoms with van der Waals surface area (Å²) in [6.07, 6.45) is 6.79. The molecule has 0 saturated carbocycles. The van der Waals surface area contributed by atoms with Gasteiger partial charge in [0.2, 0.25) is 0 Å². The number of ether oxygens (including phenoxy) is 1. The first-order chi connectivity index (χ1) is 8.34. The Morgan fingerprint density at radius 1 is 1.24 bits per heavy atom. The van der Waals surface area contributed by atoms with Gasteiger partial charge in [-0.1, -0.05) is 40.2 Å². The van der Waals surface area contributed by atoms with Crippen molar-refractivity contribution in [3.8, 4) is 0 Å². The van der Waals surface area contributed by atoms with E-state index in [1.54, 1.807) is 0 Å². The van der Waals surface area contributed by atoms with Crippen LogP contribution in [0.2, 0.25) is 0 Å². The molecule has 3 unspecified atom stereocenters. The van der Waals surface area contributed by atoms with Gasteiger partial charge in [0.05, 0.1) is 6.10 Å². The highest BCUT2D eigenvalue weighted by atomic mass is 79.9. The quantitative estimate of drug-likeness (QED) is 0.741. The van der Waals surface area contributed by atoms with E-state index >= 15 is 0 Å². The molecule has 2 aliphatic rings. The molecule has 17 heavy (non-hydrogen) atoms. The molecule has 1 nitrogen and oxygen atoms in total. The van der Waals surface area contributed by atoms with Crippen molar-refractivity contribution in [3.63, 3.8) is 0 Å². The van der Waals surface area contributed by atoms with Gasteiger partial charge in [-0.25, -0.2) is 0 Å². The molecule has 0 radical (unpaired) electrons. The van der Waals surface area contributed by atoms with Crippen molar-refractivity contribution in [2.45, 2.75) is 43.0 Å². The fourth-order valence-corrected chi connectivity index (χ4v) is 4.10. The van der Waals surface area contributed by atoms with E-state index in [2.05, 4.69) is 40.2 Å². The van der Waals surface area contributed by atoms with E-state index in [-0.39, 0.29) is 0 Å². The molecule has 0 bridgehead atoms. The Balaban J connectivity index is 1.72. The molecule has 3 rings (SSSR count). The molecule has 1 aromatic carbocycles. The number of benzene rings is 1. The number of hydrogen-bond acceptors (Lipinski definition) is 1. The van der Waals surface area contributed by atoms with Crippen molar-refractivity contribution in [1.29, 1.82) is 0 Å². The second kappa shape index (κ2) is 5.11. The van der Waals surface area contributed by atoms with Gasteiger partial charge in [0, 0.05) is 11.4 Å². The predicted octanol–water partition coefficient (Wildman–Crippen LogP) is 4.25. The number of halogens is 1. The molecule has 1 aromatic rings. The van der Waals surface area contributed by atoms with Crippen LogP contribution in [0.4, 0.5) is 0 Å². The molecule has 0 amide bonds.